The van der Waals surface area contributed by atoms with E-state index in [0.29, 0.717) is 11.6 Å². The van der Waals surface area contributed by atoms with Crippen molar-refractivity contribution in [3.05, 3.63) is 30.6 Å². The number of anilines is 1. The van der Waals surface area contributed by atoms with Crippen LogP contribution in [0.15, 0.2) is 24.8 Å². The monoisotopic (exact) mass is 286 g/mol. The lowest BCUT2D eigenvalue weighted by molar-refractivity contribution is 0.248. The molecule has 2 heterocycles. The first kappa shape index (κ1) is 13.5. The van der Waals surface area contributed by atoms with Gasteiger partial charge in [-0.2, -0.15) is 0 Å². The zero-order valence-corrected chi connectivity index (χ0v) is 11.9. The zero-order valence-electron chi connectivity index (χ0n) is 11.9. The standard InChI is InChI=1S/C14H18N6O/c1-10-15-6-7-20(10)13-8-12(16-9-17-13)19-14(21)18-11-4-2-3-5-11/h6-9,11H,2-5H2,1H3,(H2,16,17,18,19,21). The van der Waals surface area contributed by atoms with Crippen LogP contribution in [0, 0.1) is 6.92 Å². The summed E-state index contributed by atoms with van der Waals surface area (Å²) in [5.41, 5.74) is 0. The van der Waals surface area contributed by atoms with E-state index in [0.717, 1.165) is 18.7 Å². The van der Waals surface area contributed by atoms with Gasteiger partial charge in [0.25, 0.3) is 0 Å². The summed E-state index contributed by atoms with van der Waals surface area (Å²) in [4.78, 5) is 24.4. The van der Waals surface area contributed by atoms with Crippen molar-refractivity contribution in [2.24, 2.45) is 0 Å². The Labute approximate surface area is 122 Å². The molecule has 0 spiro atoms. The predicted molar refractivity (Wildman–Crippen MR) is 78.3 cm³/mol. The first-order chi connectivity index (χ1) is 10.2. The van der Waals surface area contributed by atoms with Crippen LogP contribution >= 0.6 is 0 Å². The zero-order chi connectivity index (χ0) is 14.7. The topological polar surface area (TPSA) is 84.7 Å². The van der Waals surface area contributed by atoms with Gasteiger partial charge in [-0.3, -0.25) is 9.88 Å². The summed E-state index contributed by atoms with van der Waals surface area (Å²) in [5.74, 6) is 1.98. The van der Waals surface area contributed by atoms with Gasteiger partial charge in [-0.1, -0.05) is 12.8 Å². The molecule has 2 N–H and O–H groups in total. The molecule has 1 aliphatic rings. The molecule has 0 radical (unpaired) electrons. The summed E-state index contributed by atoms with van der Waals surface area (Å²) >= 11 is 0. The summed E-state index contributed by atoms with van der Waals surface area (Å²) < 4.78 is 1.84. The molecule has 2 aromatic heterocycles. The number of aromatic nitrogens is 4. The van der Waals surface area contributed by atoms with Crippen LogP contribution in [0.4, 0.5) is 10.6 Å². The van der Waals surface area contributed by atoms with Crippen molar-refractivity contribution in [3.63, 3.8) is 0 Å². The lowest BCUT2D eigenvalue weighted by Crippen LogP contribution is -2.36. The Morgan fingerprint density at radius 3 is 2.81 bits per heavy atom. The van der Waals surface area contributed by atoms with Crippen LogP contribution in [-0.2, 0) is 0 Å². The molecule has 1 aliphatic carbocycles. The third-order valence-electron chi connectivity index (χ3n) is 3.66. The van der Waals surface area contributed by atoms with Crippen LogP contribution in [0.1, 0.15) is 31.5 Å². The van der Waals surface area contributed by atoms with E-state index < -0.39 is 0 Å². The summed E-state index contributed by atoms with van der Waals surface area (Å²) in [5, 5.41) is 5.72. The summed E-state index contributed by atoms with van der Waals surface area (Å²) in [6.07, 6.45) is 9.43. The number of imidazole rings is 1. The smallest absolute Gasteiger partial charge is 0.320 e. The Balaban J connectivity index is 1.68. The molecule has 2 aromatic rings. The van der Waals surface area contributed by atoms with Crippen LogP contribution in [0.5, 0.6) is 0 Å². The van der Waals surface area contributed by atoms with Gasteiger partial charge in [0.15, 0.2) is 0 Å². The molecule has 1 saturated carbocycles. The van der Waals surface area contributed by atoms with Crippen molar-refractivity contribution in [2.75, 3.05) is 5.32 Å². The molecule has 0 atom stereocenters. The molecule has 21 heavy (non-hydrogen) atoms. The van der Waals surface area contributed by atoms with Crippen molar-refractivity contribution in [1.29, 1.82) is 0 Å². The molecule has 0 aromatic carbocycles. The molecule has 7 heteroatoms. The van der Waals surface area contributed by atoms with E-state index in [2.05, 4.69) is 25.6 Å². The van der Waals surface area contributed by atoms with Crippen molar-refractivity contribution in [1.82, 2.24) is 24.8 Å². The number of carbonyl (C=O) groups excluding carboxylic acids is 1. The molecule has 1 fully saturated rings. The number of hydrogen-bond acceptors (Lipinski definition) is 4. The molecule has 0 bridgehead atoms. The van der Waals surface area contributed by atoms with Gasteiger partial charge in [0.05, 0.1) is 0 Å². The molecule has 3 rings (SSSR count). The fourth-order valence-corrected chi connectivity index (χ4v) is 2.58. The van der Waals surface area contributed by atoms with E-state index in [1.165, 1.54) is 19.2 Å². The van der Waals surface area contributed by atoms with Gasteiger partial charge < -0.3 is 5.32 Å². The van der Waals surface area contributed by atoms with Crippen LogP contribution in [0.3, 0.4) is 0 Å². The van der Waals surface area contributed by atoms with Gasteiger partial charge >= 0.3 is 6.03 Å². The number of amides is 2. The van der Waals surface area contributed by atoms with Crippen LogP contribution in [-0.4, -0.2) is 31.6 Å². The minimum absolute atomic E-state index is 0.214. The van der Waals surface area contributed by atoms with Crippen molar-refractivity contribution in [2.45, 2.75) is 38.6 Å². The molecule has 2 amide bonds. The van der Waals surface area contributed by atoms with E-state index >= 15 is 0 Å². The molecular weight excluding hydrogens is 268 g/mol. The van der Waals surface area contributed by atoms with Crippen LogP contribution < -0.4 is 10.6 Å². The molecule has 0 aliphatic heterocycles. The normalized spacial score (nSPS) is 15.1. The van der Waals surface area contributed by atoms with E-state index in [9.17, 15) is 4.79 Å². The van der Waals surface area contributed by atoms with E-state index in [1.54, 1.807) is 12.3 Å². The van der Waals surface area contributed by atoms with Gasteiger partial charge in [-0.05, 0) is 19.8 Å². The Kier molecular flexibility index (Phi) is 3.81. The molecule has 0 unspecified atom stereocenters. The highest BCUT2D eigenvalue weighted by Gasteiger charge is 2.17. The van der Waals surface area contributed by atoms with Gasteiger partial charge in [-0.15, -0.1) is 0 Å². The van der Waals surface area contributed by atoms with E-state index in [4.69, 9.17) is 0 Å². The van der Waals surface area contributed by atoms with Gasteiger partial charge in [-0.25, -0.2) is 19.7 Å². The van der Waals surface area contributed by atoms with Crippen molar-refractivity contribution < 1.29 is 4.79 Å². The highest BCUT2D eigenvalue weighted by atomic mass is 16.2. The lowest BCUT2D eigenvalue weighted by atomic mass is 10.2. The maximum Gasteiger partial charge on any atom is 0.320 e. The Bertz CT molecular complexity index is 632. The number of carbonyl (C=O) groups is 1. The quantitative estimate of drug-likeness (QED) is 0.904. The second-order valence-electron chi connectivity index (χ2n) is 5.19. The Morgan fingerprint density at radius 2 is 2.10 bits per heavy atom. The highest BCUT2D eigenvalue weighted by Crippen LogP contribution is 2.17. The van der Waals surface area contributed by atoms with Crippen molar-refractivity contribution >= 4 is 11.8 Å². The minimum atomic E-state index is -0.214. The minimum Gasteiger partial charge on any atom is -0.335 e. The van der Waals surface area contributed by atoms with Gasteiger partial charge in [0.1, 0.15) is 23.8 Å². The second-order valence-corrected chi connectivity index (χ2v) is 5.19. The fraction of sp³-hybridized carbons (Fsp3) is 0.429. The number of nitrogens with one attached hydrogen (secondary N) is 2. The summed E-state index contributed by atoms with van der Waals surface area (Å²) in [7, 11) is 0. The van der Waals surface area contributed by atoms with E-state index in [-0.39, 0.29) is 12.1 Å². The van der Waals surface area contributed by atoms with Gasteiger partial charge in [0, 0.05) is 24.5 Å². The molecular formula is C14H18N6O. The molecule has 0 saturated heterocycles. The predicted octanol–water partition coefficient (Wildman–Crippen LogP) is 2.03. The SMILES string of the molecule is Cc1nccn1-c1cc(NC(=O)NC2CCCC2)ncn1. The maximum absolute atomic E-state index is 11.9. The fourth-order valence-electron chi connectivity index (χ4n) is 2.58. The Hall–Kier alpha value is -2.44. The third-order valence-corrected chi connectivity index (χ3v) is 3.66. The Morgan fingerprint density at radius 1 is 1.29 bits per heavy atom. The van der Waals surface area contributed by atoms with Crippen molar-refractivity contribution in [3.8, 4) is 5.82 Å². The summed E-state index contributed by atoms with van der Waals surface area (Å²) in [6.45, 7) is 1.89. The number of rotatable bonds is 3. The number of hydrogen-bond donors (Lipinski definition) is 2. The first-order valence-corrected chi connectivity index (χ1v) is 7.12. The average Bonchev–Trinajstić information content (AvgIpc) is 3.10. The highest BCUT2D eigenvalue weighted by molar-refractivity contribution is 5.88. The average molecular weight is 286 g/mol. The van der Waals surface area contributed by atoms with E-state index in [1.807, 2.05) is 17.7 Å². The third kappa shape index (κ3) is 3.18. The molecule has 7 nitrogen and oxygen atoms in total. The largest absolute Gasteiger partial charge is 0.335 e. The number of nitrogens with zero attached hydrogens (tertiary/aromatic N) is 4. The summed E-state index contributed by atoms with van der Waals surface area (Å²) in [6, 6.07) is 1.79. The van der Waals surface area contributed by atoms with Crippen LogP contribution in [0.2, 0.25) is 0 Å². The second kappa shape index (κ2) is 5.90. The van der Waals surface area contributed by atoms with Crippen LogP contribution in [0.25, 0.3) is 5.82 Å². The number of aryl methyl sites for hydroxylation is 1. The first-order valence-electron chi connectivity index (χ1n) is 7.12. The van der Waals surface area contributed by atoms with Gasteiger partial charge in [0.2, 0.25) is 0 Å². The number of urea groups is 1. The lowest BCUT2D eigenvalue weighted by Gasteiger charge is -2.13. The maximum atomic E-state index is 11.9. The molecule has 110 valence electrons.